The first kappa shape index (κ1) is 25.8. The van der Waals surface area contributed by atoms with Crippen LogP contribution in [0.1, 0.15) is 41.4 Å². The number of hydrogen-bond donors (Lipinski definition) is 0. The van der Waals surface area contributed by atoms with Crippen molar-refractivity contribution in [2.45, 2.75) is 44.2 Å². The molecule has 0 atom stereocenters. The van der Waals surface area contributed by atoms with E-state index in [9.17, 15) is 0 Å². The highest BCUT2D eigenvalue weighted by molar-refractivity contribution is 7.98. The third-order valence-corrected chi connectivity index (χ3v) is 6.70. The molecule has 0 N–H and O–H groups in total. The number of thioether (sulfide) groups is 1. The summed E-state index contributed by atoms with van der Waals surface area (Å²) in [4.78, 5) is 0. The van der Waals surface area contributed by atoms with Crippen LogP contribution in [-0.2, 0) is 18.8 Å². The predicted octanol–water partition coefficient (Wildman–Crippen LogP) is 6.95. The van der Waals surface area contributed by atoms with E-state index in [0.717, 1.165) is 51.3 Å². The van der Waals surface area contributed by atoms with Crippen molar-refractivity contribution in [1.82, 2.24) is 14.9 Å². The molecule has 0 spiro atoms. The van der Waals surface area contributed by atoms with E-state index < -0.39 is 0 Å². The minimum absolute atomic E-state index is 0.472. The van der Waals surface area contributed by atoms with Crippen molar-refractivity contribution in [3.63, 3.8) is 0 Å². The largest absolute Gasteiger partial charge is 0.493 e. The van der Waals surface area contributed by atoms with Gasteiger partial charge >= 0.3 is 0 Å². The molecule has 4 aromatic rings. The molecule has 0 aliphatic heterocycles. The molecule has 0 saturated heterocycles. The molecular weight excluding hydrogens is 492 g/mol. The van der Waals surface area contributed by atoms with Gasteiger partial charge in [0.25, 0.3) is 0 Å². The van der Waals surface area contributed by atoms with Crippen LogP contribution in [0.2, 0.25) is 5.02 Å². The summed E-state index contributed by atoms with van der Waals surface area (Å²) in [6.45, 7) is 4.66. The van der Waals surface area contributed by atoms with Gasteiger partial charge in [0.1, 0.15) is 6.61 Å². The van der Waals surface area contributed by atoms with E-state index in [-0.39, 0.29) is 0 Å². The van der Waals surface area contributed by atoms with Gasteiger partial charge in [-0.25, -0.2) is 0 Å². The number of hydrogen-bond acceptors (Lipinski definition) is 6. The Labute approximate surface area is 221 Å². The summed E-state index contributed by atoms with van der Waals surface area (Å²) in [6.07, 6.45) is 3.54. The average molecular weight is 521 g/mol. The van der Waals surface area contributed by atoms with Crippen LogP contribution >= 0.6 is 23.4 Å². The molecule has 1 aromatic heterocycles. The highest BCUT2D eigenvalue weighted by Gasteiger charge is 2.12. The minimum Gasteiger partial charge on any atom is -0.493 e. The molecule has 0 saturated carbocycles. The molecule has 0 fully saturated rings. The Kier molecular flexibility index (Phi) is 9.03. The summed E-state index contributed by atoms with van der Waals surface area (Å²) >= 11 is 7.60. The molecule has 36 heavy (non-hydrogen) atoms. The molecule has 0 bridgehead atoms. The van der Waals surface area contributed by atoms with Crippen LogP contribution in [0.15, 0.2) is 77.0 Å². The third-order valence-electron chi connectivity index (χ3n) is 5.46. The molecule has 0 aliphatic carbocycles. The molecular formula is C28H29ClN4O2S. The lowest BCUT2D eigenvalue weighted by Gasteiger charge is -2.11. The Morgan fingerprint density at radius 3 is 2.44 bits per heavy atom. The highest BCUT2D eigenvalue weighted by atomic mass is 35.5. The van der Waals surface area contributed by atoms with E-state index in [2.05, 4.69) is 48.3 Å². The molecule has 8 heteroatoms. The fourth-order valence-electron chi connectivity index (χ4n) is 3.46. The Hall–Kier alpha value is -3.29. The zero-order valence-corrected chi connectivity index (χ0v) is 22.2. The summed E-state index contributed by atoms with van der Waals surface area (Å²) in [5.74, 6) is 2.92. The lowest BCUT2D eigenvalue weighted by Crippen LogP contribution is -2.01. The number of aryl methyl sites for hydroxylation is 2. The van der Waals surface area contributed by atoms with Crippen molar-refractivity contribution in [2.75, 3.05) is 7.11 Å². The van der Waals surface area contributed by atoms with Crippen molar-refractivity contribution in [3.05, 3.63) is 99.8 Å². The smallest absolute Gasteiger partial charge is 0.212 e. The first-order valence-corrected chi connectivity index (χ1v) is 13.1. The second-order valence-electron chi connectivity index (χ2n) is 8.30. The molecule has 0 aliphatic rings. The first-order chi connectivity index (χ1) is 17.6. The van der Waals surface area contributed by atoms with Crippen LogP contribution < -0.4 is 9.47 Å². The van der Waals surface area contributed by atoms with Crippen LogP contribution in [0, 0.1) is 6.92 Å². The van der Waals surface area contributed by atoms with Gasteiger partial charge in [0.2, 0.25) is 5.16 Å². The summed E-state index contributed by atoms with van der Waals surface area (Å²) in [7, 11) is 1.64. The Bertz CT molecular complexity index is 1300. The summed E-state index contributed by atoms with van der Waals surface area (Å²) in [5, 5.41) is 14.9. The average Bonchev–Trinajstić information content (AvgIpc) is 3.28. The summed E-state index contributed by atoms with van der Waals surface area (Å²) in [5.41, 5.74) is 4.37. The summed E-state index contributed by atoms with van der Waals surface area (Å²) < 4.78 is 13.4. The lowest BCUT2D eigenvalue weighted by molar-refractivity contribution is 0.284. The second-order valence-corrected chi connectivity index (χ2v) is 9.68. The quantitative estimate of drug-likeness (QED) is 0.158. The topological polar surface area (TPSA) is 61.5 Å². The molecule has 4 rings (SSSR count). The van der Waals surface area contributed by atoms with Gasteiger partial charge < -0.3 is 9.47 Å². The van der Waals surface area contributed by atoms with Crippen LogP contribution in [0.4, 0.5) is 0 Å². The zero-order valence-electron chi connectivity index (χ0n) is 20.6. The van der Waals surface area contributed by atoms with Gasteiger partial charge in [0, 0.05) is 17.2 Å². The molecule has 6 nitrogen and oxygen atoms in total. The van der Waals surface area contributed by atoms with Gasteiger partial charge in [-0.05, 0) is 60.4 Å². The maximum Gasteiger partial charge on any atom is 0.212 e. The number of benzene rings is 3. The third kappa shape index (κ3) is 6.89. The van der Waals surface area contributed by atoms with Crippen molar-refractivity contribution < 1.29 is 9.47 Å². The number of methoxy groups -OCH3 is 1. The van der Waals surface area contributed by atoms with Gasteiger partial charge in [-0.1, -0.05) is 72.2 Å². The fraction of sp³-hybridized carbons (Fsp3) is 0.250. The normalized spacial score (nSPS) is 11.2. The van der Waals surface area contributed by atoms with Crippen LogP contribution in [0.5, 0.6) is 11.5 Å². The number of aromatic nitrogens is 3. The standard InChI is InChI=1S/C28H29ClN4O2S/c1-4-5-27-31-32-28(36-19-22-10-13-24(29)14-11-22)33(27)30-17-23-12-15-25(26(16-23)34-3)35-18-21-8-6-20(2)7-9-21/h6-17H,4-5,18-19H2,1-3H3/b30-17+. The molecule has 1 heterocycles. The maximum absolute atomic E-state index is 6.00. The van der Waals surface area contributed by atoms with Gasteiger partial charge in [-0.2, -0.15) is 9.78 Å². The SMILES string of the molecule is CCCc1nnc(SCc2ccc(Cl)cc2)n1/N=C/c1ccc(OCc2ccc(C)cc2)c(OC)c1. The van der Waals surface area contributed by atoms with E-state index in [1.54, 1.807) is 25.1 Å². The minimum atomic E-state index is 0.472. The van der Waals surface area contributed by atoms with Crippen LogP contribution in [-0.4, -0.2) is 28.2 Å². The van der Waals surface area contributed by atoms with E-state index in [1.807, 2.05) is 47.1 Å². The van der Waals surface area contributed by atoms with Gasteiger partial charge in [0.05, 0.1) is 13.3 Å². The Balaban J connectivity index is 1.48. The molecule has 3 aromatic carbocycles. The number of ether oxygens (including phenoxy) is 2. The Morgan fingerprint density at radius 1 is 0.972 bits per heavy atom. The number of rotatable bonds is 11. The van der Waals surface area contributed by atoms with Crippen LogP contribution in [0.3, 0.4) is 0 Å². The van der Waals surface area contributed by atoms with Crippen molar-refractivity contribution in [3.8, 4) is 11.5 Å². The van der Waals surface area contributed by atoms with Crippen LogP contribution in [0.25, 0.3) is 0 Å². The number of nitrogens with zero attached hydrogens (tertiary/aromatic N) is 4. The van der Waals surface area contributed by atoms with Gasteiger partial charge in [-0.3, -0.25) is 0 Å². The predicted molar refractivity (Wildman–Crippen MR) is 147 cm³/mol. The van der Waals surface area contributed by atoms with E-state index in [4.69, 9.17) is 26.2 Å². The molecule has 0 amide bonds. The van der Waals surface area contributed by atoms with Crippen molar-refractivity contribution in [2.24, 2.45) is 5.10 Å². The van der Waals surface area contributed by atoms with Crippen molar-refractivity contribution >= 4 is 29.6 Å². The van der Waals surface area contributed by atoms with Gasteiger partial charge in [0.15, 0.2) is 17.3 Å². The zero-order chi connectivity index (χ0) is 25.3. The fourth-order valence-corrected chi connectivity index (χ4v) is 4.45. The van der Waals surface area contributed by atoms with Crippen molar-refractivity contribution in [1.29, 1.82) is 0 Å². The molecule has 186 valence electrons. The molecule has 0 unspecified atom stereocenters. The summed E-state index contributed by atoms with van der Waals surface area (Å²) in [6, 6.07) is 21.9. The maximum atomic E-state index is 6.00. The number of halogens is 1. The molecule has 0 radical (unpaired) electrons. The first-order valence-electron chi connectivity index (χ1n) is 11.8. The Morgan fingerprint density at radius 2 is 1.72 bits per heavy atom. The monoisotopic (exact) mass is 520 g/mol. The highest BCUT2D eigenvalue weighted by Crippen LogP contribution is 2.29. The van der Waals surface area contributed by atoms with E-state index in [1.165, 1.54) is 5.56 Å². The van der Waals surface area contributed by atoms with E-state index >= 15 is 0 Å². The van der Waals surface area contributed by atoms with Gasteiger partial charge in [-0.15, -0.1) is 10.2 Å². The lowest BCUT2D eigenvalue weighted by atomic mass is 10.2. The van der Waals surface area contributed by atoms with E-state index in [0.29, 0.717) is 18.1 Å². The second kappa shape index (κ2) is 12.6.